The number of rotatable bonds is 6. The van der Waals surface area contributed by atoms with Gasteiger partial charge in [-0.2, -0.15) is 11.8 Å². The smallest absolute Gasteiger partial charge is 0.312 e. The second-order valence-electron chi connectivity index (χ2n) is 5.00. The predicted molar refractivity (Wildman–Crippen MR) is 96.4 cm³/mol. The van der Waals surface area contributed by atoms with E-state index < -0.39 is 18.0 Å². The number of carbonyl (C=O) groups excluding carboxylic acids is 3. The summed E-state index contributed by atoms with van der Waals surface area (Å²) < 4.78 is 6.02. The molecule has 1 atom stereocenters. The summed E-state index contributed by atoms with van der Waals surface area (Å²) in [4.78, 5) is 35.1. The normalized spacial score (nSPS) is 14.0. The fraction of sp³-hybridized carbons (Fsp3) is 0.357. The van der Waals surface area contributed by atoms with Crippen LogP contribution in [0, 0.1) is 0 Å². The van der Waals surface area contributed by atoms with Crippen LogP contribution < -0.4 is 26.4 Å². The number of carbonyl (C=O) groups is 3. The summed E-state index contributed by atoms with van der Waals surface area (Å²) in [5, 5.41) is 7.79. The number of ether oxygens (including phenoxy) is 1. The minimum absolute atomic E-state index is 0.0869. The van der Waals surface area contributed by atoms with E-state index in [1.165, 1.54) is 0 Å². The van der Waals surface area contributed by atoms with E-state index in [9.17, 15) is 14.4 Å². The van der Waals surface area contributed by atoms with Crippen LogP contribution in [-0.4, -0.2) is 42.5 Å². The molecule has 5 N–H and O–H groups in total. The number of amides is 4. The summed E-state index contributed by atoms with van der Waals surface area (Å²) in [5.41, 5.74) is 5.88. The van der Waals surface area contributed by atoms with Crippen molar-refractivity contribution in [3.63, 3.8) is 0 Å². The highest BCUT2D eigenvalue weighted by Gasteiger charge is 2.24. The van der Waals surface area contributed by atoms with Crippen LogP contribution in [0.3, 0.4) is 0 Å². The van der Waals surface area contributed by atoms with Gasteiger partial charge >= 0.3 is 6.03 Å². The Hall–Kier alpha value is -1.94. The molecule has 130 valence electrons. The van der Waals surface area contributed by atoms with Crippen molar-refractivity contribution in [3.8, 4) is 5.75 Å². The average molecular weight is 417 g/mol. The van der Waals surface area contributed by atoms with Crippen molar-refractivity contribution in [2.45, 2.75) is 12.5 Å². The van der Waals surface area contributed by atoms with E-state index in [1.807, 2.05) is 6.26 Å². The number of urea groups is 1. The number of hydrogen-bond donors (Lipinski definition) is 4. The molecule has 0 saturated heterocycles. The van der Waals surface area contributed by atoms with Crippen LogP contribution in [0.5, 0.6) is 5.75 Å². The third-order valence-electron chi connectivity index (χ3n) is 3.19. The van der Waals surface area contributed by atoms with Crippen LogP contribution in [0.1, 0.15) is 6.42 Å². The lowest BCUT2D eigenvalue weighted by atomic mass is 10.1. The summed E-state index contributed by atoms with van der Waals surface area (Å²) in [6.07, 6.45) is 2.33. The van der Waals surface area contributed by atoms with Crippen LogP contribution in [0.15, 0.2) is 16.6 Å². The molecular weight excluding hydrogens is 400 g/mol. The molecule has 0 aliphatic carbocycles. The number of thioether (sulfide) groups is 1. The van der Waals surface area contributed by atoms with Crippen molar-refractivity contribution >= 4 is 56.9 Å². The number of halogens is 1. The molecule has 1 aromatic rings. The second-order valence-corrected chi connectivity index (χ2v) is 6.90. The van der Waals surface area contributed by atoms with Crippen LogP contribution in [0.25, 0.3) is 0 Å². The second kappa shape index (κ2) is 8.25. The molecule has 0 radical (unpaired) electrons. The maximum absolute atomic E-state index is 12.5. The number of nitrogens with one attached hydrogen (secondary N) is 3. The fourth-order valence-electron chi connectivity index (χ4n) is 2.14. The summed E-state index contributed by atoms with van der Waals surface area (Å²) >= 11 is 4.88. The van der Waals surface area contributed by atoms with Gasteiger partial charge < -0.3 is 26.4 Å². The number of fused-ring (bicyclic) bond motifs is 1. The van der Waals surface area contributed by atoms with E-state index in [1.54, 1.807) is 23.9 Å². The number of hydrogen-bond acceptors (Lipinski definition) is 5. The minimum atomic E-state index is -0.774. The Bertz CT molecular complexity index is 670. The van der Waals surface area contributed by atoms with E-state index in [0.29, 0.717) is 33.8 Å². The SMILES string of the molecule is CSCC[C@H](NC(N)=O)C(=O)Nc1cc(Br)cc2c1NC(=O)CO2. The first-order chi connectivity index (χ1) is 11.4. The number of primary amides is 1. The molecule has 0 unspecified atom stereocenters. The van der Waals surface area contributed by atoms with Gasteiger partial charge in [0, 0.05) is 4.47 Å². The topological polar surface area (TPSA) is 123 Å². The zero-order chi connectivity index (χ0) is 17.7. The molecule has 0 spiro atoms. The van der Waals surface area contributed by atoms with E-state index in [2.05, 4.69) is 31.9 Å². The lowest BCUT2D eigenvalue weighted by molar-refractivity contribution is -0.119. The van der Waals surface area contributed by atoms with E-state index in [4.69, 9.17) is 10.5 Å². The lowest BCUT2D eigenvalue weighted by Gasteiger charge is -2.23. The molecule has 8 nitrogen and oxygen atoms in total. The molecule has 10 heteroatoms. The highest BCUT2D eigenvalue weighted by atomic mass is 79.9. The van der Waals surface area contributed by atoms with Gasteiger partial charge in [-0.25, -0.2) is 4.79 Å². The zero-order valence-corrected chi connectivity index (χ0v) is 15.3. The highest BCUT2D eigenvalue weighted by molar-refractivity contribution is 9.10. The summed E-state index contributed by atoms with van der Waals surface area (Å²) in [7, 11) is 0. The maximum atomic E-state index is 12.5. The van der Waals surface area contributed by atoms with Crippen LogP contribution >= 0.6 is 27.7 Å². The fourth-order valence-corrected chi connectivity index (χ4v) is 3.05. The van der Waals surface area contributed by atoms with E-state index >= 15 is 0 Å². The molecular formula is C14H17BrN4O4S. The number of benzene rings is 1. The molecule has 0 aromatic heterocycles. The first kappa shape index (κ1) is 18.4. The molecule has 0 bridgehead atoms. The van der Waals surface area contributed by atoms with Gasteiger partial charge in [-0.15, -0.1) is 0 Å². The summed E-state index contributed by atoms with van der Waals surface area (Å²) in [6.45, 7) is -0.0869. The number of anilines is 2. The van der Waals surface area contributed by atoms with Crippen molar-refractivity contribution in [2.24, 2.45) is 5.73 Å². The monoisotopic (exact) mass is 416 g/mol. The Morgan fingerprint density at radius 3 is 2.92 bits per heavy atom. The van der Waals surface area contributed by atoms with Crippen molar-refractivity contribution in [1.82, 2.24) is 5.32 Å². The van der Waals surface area contributed by atoms with Gasteiger partial charge in [0.05, 0.1) is 5.69 Å². The Morgan fingerprint density at radius 2 is 2.25 bits per heavy atom. The van der Waals surface area contributed by atoms with Crippen molar-refractivity contribution in [3.05, 3.63) is 16.6 Å². The van der Waals surface area contributed by atoms with E-state index in [-0.39, 0.29) is 12.5 Å². The Labute approximate surface area is 151 Å². The zero-order valence-electron chi connectivity index (χ0n) is 12.8. The highest BCUT2D eigenvalue weighted by Crippen LogP contribution is 2.38. The van der Waals surface area contributed by atoms with Gasteiger partial charge in [-0.05, 0) is 30.6 Å². The third-order valence-corrected chi connectivity index (χ3v) is 4.29. The quantitative estimate of drug-likeness (QED) is 0.559. The molecule has 2 rings (SSSR count). The maximum Gasteiger partial charge on any atom is 0.312 e. The standard InChI is InChI=1S/C14H17BrN4O4S/c1-24-3-2-8(18-14(16)22)13(21)17-9-4-7(15)5-10-12(9)19-11(20)6-23-10/h4-5,8H,2-3,6H2,1H3,(H,17,21)(H,19,20)(H3,16,18,22)/t8-/m0/s1. The van der Waals surface area contributed by atoms with Gasteiger partial charge in [0.25, 0.3) is 5.91 Å². The first-order valence-electron chi connectivity index (χ1n) is 7.02. The Morgan fingerprint density at radius 1 is 1.50 bits per heavy atom. The number of nitrogens with two attached hydrogens (primary N) is 1. The van der Waals surface area contributed by atoms with Gasteiger partial charge in [0.1, 0.15) is 17.5 Å². The minimum Gasteiger partial charge on any atom is -0.481 e. The van der Waals surface area contributed by atoms with Gasteiger partial charge in [-0.3, -0.25) is 9.59 Å². The molecule has 1 aliphatic rings. The molecule has 0 fully saturated rings. The summed E-state index contributed by atoms with van der Waals surface area (Å²) in [5.74, 6) is 0.384. The van der Waals surface area contributed by atoms with Crippen molar-refractivity contribution < 1.29 is 19.1 Å². The average Bonchev–Trinajstić information content (AvgIpc) is 2.51. The molecule has 4 amide bonds. The first-order valence-corrected chi connectivity index (χ1v) is 9.21. The Balaban J connectivity index is 2.22. The third kappa shape index (κ3) is 4.78. The van der Waals surface area contributed by atoms with Gasteiger partial charge in [-0.1, -0.05) is 15.9 Å². The molecule has 0 saturated carbocycles. The van der Waals surface area contributed by atoms with Crippen LogP contribution in [0.4, 0.5) is 16.2 Å². The molecule has 1 aromatic carbocycles. The lowest BCUT2D eigenvalue weighted by Crippen LogP contribution is -2.46. The predicted octanol–water partition coefficient (Wildman–Crippen LogP) is 1.51. The Kier molecular flexibility index (Phi) is 6.32. The summed E-state index contributed by atoms with van der Waals surface area (Å²) in [6, 6.07) is 1.78. The van der Waals surface area contributed by atoms with E-state index in [0.717, 1.165) is 0 Å². The van der Waals surface area contributed by atoms with Crippen molar-refractivity contribution in [2.75, 3.05) is 29.2 Å². The van der Waals surface area contributed by atoms with Crippen LogP contribution in [0.2, 0.25) is 0 Å². The van der Waals surface area contributed by atoms with Gasteiger partial charge in [0.2, 0.25) is 5.91 Å². The molecule has 1 aliphatic heterocycles. The van der Waals surface area contributed by atoms with Crippen LogP contribution in [-0.2, 0) is 9.59 Å². The van der Waals surface area contributed by atoms with Crippen molar-refractivity contribution in [1.29, 1.82) is 0 Å². The molecule has 1 heterocycles. The molecule has 24 heavy (non-hydrogen) atoms. The van der Waals surface area contributed by atoms with Gasteiger partial charge in [0.15, 0.2) is 6.61 Å². The largest absolute Gasteiger partial charge is 0.481 e.